The molecule has 1 fully saturated rings. The minimum atomic E-state index is -3.74. The Balaban J connectivity index is 1.48. The molecule has 1 aromatic heterocycles. The third kappa shape index (κ3) is 3.91. The highest BCUT2D eigenvalue weighted by Gasteiger charge is 2.30. The van der Waals surface area contributed by atoms with Crippen LogP contribution in [0, 0.1) is 0 Å². The third-order valence-electron chi connectivity index (χ3n) is 4.96. The molecule has 1 aliphatic heterocycles. The summed E-state index contributed by atoms with van der Waals surface area (Å²) in [4.78, 5) is 14.6. The molecule has 1 saturated heterocycles. The largest absolute Gasteiger partial charge is 0.282 e. The molecule has 2 heterocycles. The summed E-state index contributed by atoms with van der Waals surface area (Å²) in [6, 6.07) is 11.9. The van der Waals surface area contributed by atoms with E-state index >= 15 is 0 Å². The Kier molecular flexibility index (Phi) is 5.63. The average Bonchev–Trinajstić information content (AvgIpc) is 2.72. The number of hydrogen-bond acceptors (Lipinski definition) is 5. The highest BCUT2D eigenvalue weighted by molar-refractivity contribution is 7.89. The summed E-state index contributed by atoms with van der Waals surface area (Å²) in [6.07, 6.45) is 1.67. The van der Waals surface area contributed by atoms with E-state index in [9.17, 15) is 13.2 Å². The molecule has 0 atom stereocenters. The second-order valence-electron chi connectivity index (χ2n) is 6.75. The predicted molar refractivity (Wildman–Crippen MR) is 113 cm³/mol. The van der Waals surface area contributed by atoms with Crippen LogP contribution in [0.5, 0.6) is 0 Å². The zero-order valence-electron chi connectivity index (χ0n) is 15.3. The van der Waals surface area contributed by atoms with E-state index in [1.165, 1.54) is 15.1 Å². The number of rotatable bonds is 4. The van der Waals surface area contributed by atoms with Crippen molar-refractivity contribution in [2.75, 3.05) is 26.2 Å². The van der Waals surface area contributed by atoms with Gasteiger partial charge in [-0.2, -0.15) is 9.40 Å². The minimum absolute atomic E-state index is 0.00697. The summed E-state index contributed by atoms with van der Waals surface area (Å²) >= 11 is 12.1. The van der Waals surface area contributed by atoms with Gasteiger partial charge in [-0.05, 0) is 18.2 Å². The van der Waals surface area contributed by atoms with Crippen LogP contribution in [0.25, 0.3) is 10.8 Å². The van der Waals surface area contributed by atoms with Crippen LogP contribution in [0.1, 0.15) is 0 Å². The lowest BCUT2D eigenvalue weighted by molar-refractivity contribution is 0.143. The van der Waals surface area contributed by atoms with Gasteiger partial charge in [0, 0.05) is 31.6 Å². The summed E-state index contributed by atoms with van der Waals surface area (Å²) in [5, 5.41) is 5.87. The SMILES string of the molecule is O=c1c2ccccc2cnn1CN1CCN(S(=O)(=O)c2cccc(Cl)c2Cl)CC1. The summed E-state index contributed by atoms with van der Waals surface area (Å²) in [6.45, 7) is 1.81. The highest BCUT2D eigenvalue weighted by Crippen LogP contribution is 2.31. The van der Waals surface area contributed by atoms with E-state index in [2.05, 4.69) is 5.10 Å². The fourth-order valence-electron chi connectivity index (χ4n) is 3.35. The molecule has 7 nitrogen and oxygen atoms in total. The number of aromatic nitrogens is 2. The Morgan fingerprint density at radius 1 is 0.966 bits per heavy atom. The van der Waals surface area contributed by atoms with E-state index in [0.717, 1.165) is 5.39 Å². The number of hydrogen-bond donors (Lipinski definition) is 0. The van der Waals surface area contributed by atoms with Gasteiger partial charge in [-0.15, -0.1) is 0 Å². The minimum Gasteiger partial charge on any atom is -0.282 e. The van der Waals surface area contributed by atoms with Crippen molar-refractivity contribution in [3.05, 3.63) is 69.1 Å². The quantitative estimate of drug-likeness (QED) is 0.607. The Hall–Kier alpha value is -1.97. The van der Waals surface area contributed by atoms with Gasteiger partial charge < -0.3 is 0 Å². The predicted octanol–water partition coefficient (Wildman–Crippen LogP) is 2.67. The van der Waals surface area contributed by atoms with Gasteiger partial charge >= 0.3 is 0 Å². The number of sulfonamides is 1. The van der Waals surface area contributed by atoms with Crippen molar-refractivity contribution in [3.8, 4) is 0 Å². The molecule has 4 rings (SSSR count). The first kappa shape index (κ1) is 20.3. The molecule has 29 heavy (non-hydrogen) atoms. The van der Waals surface area contributed by atoms with Crippen LogP contribution in [-0.4, -0.2) is 53.6 Å². The van der Waals surface area contributed by atoms with Gasteiger partial charge in [0.15, 0.2) is 0 Å². The van der Waals surface area contributed by atoms with Crippen LogP contribution in [0.2, 0.25) is 10.0 Å². The second kappa shape index (κ2) is 8.04. The monoisotopic (exact) mass is 452 g/mol. The molecule has 152 valence electrons. The van der Waals surface area contributed by atoms with E-state index in [-0.39, 0.29) is 33.6 Å². The zero-order chi connectivity index (χ0) is 20.6. The van der Waals surface area contributed by atoms with Crippen LogP contribution < -0.4 is 5.56 Å². The maximum absolute atomic E-state index is 12.9. The molecule has 0 N–H and O–H groups in total. The van der Waals surface area contributed by atoms with E-state index in [1.54, 1.807) is 24.4 Å². The molecule has 0 radical (unpaired) electrons. The van der Waals surface area contributed by atoms with Crippen LogP contribution in [-0.2, 0) is 16.7 Å². The maximum Gasteiger partial charge on any atom is 0.275 e. The number of piperazine rings is 1. The van der Waals surface area contributed by atoms with Gasteiger partial charge in [0.25, 0.3) is 5.56 Å². The Labute approximate surface area is 178 Å². The fourth-order valence-corrected chi connectivity index (χ4v) is 5.51. The van der Waals surface area contributed by atoms with Crippen molar-refractivity contribution in [1.29, 1.82) is 0 Å². The lowest BCUT2D eigenvalue weighted by Crippen LogP contribution is -2.49. The van der Waals surface area contributed by atoms with E-state index in [1.807, 2.05) is 23.1 Å². The first-order chi connectivity index (χ1) is 13.9. The van der Waals surface area contributed by atoms with Crippen molar-refractivity contribution < 1.29 is 8.42 Å². The Morgan fingerprint density at radius 2 is 1.69 bits per heavy atom. The van der Waals surface area contributed by atoms with Crippen molar-refractivity contribution in [2.45, 2.75) is 11.6 Å². The molecule has 0 unspecified atom stereocenters. The molecule has 0 saturated carbocycles. The van der Waals surface area contributed by atoms with Crippen molar-refractivity contribution >= 4 is 44.0 Å². The van der Waals surface area contributed by atoms with E-state index in [0.29, 0.717) is 25.1 Å². The molecular formula is C19H18Cl2N4O3S. The molecule has 0 bridgehead atoms. The summed E-state index contributed by atoms with van der Waals surface area (Å²) in [7, 11) is -3.74. The standard InChI is InChI=1S/C19H18Cl2N4O3S/c20-16-6-3-7-17(18(16)21)29(27,28)24-10-8-23(9-11-24)13-25-19(26)15-5-2-1-4-14(15)12-22-25/h1-7,12H,8-11,13H2. The Morgan fingerprint density at radius 3 is 2.45 bits per heavy atom. The average molecular weight is 453 g/mol. The molecule has 0 aliphatic carbocycles. The molecule has 0 amide bonds. The summed E-state index contributed by atoms with van der Waals surface area (Å²) in [5.74, 6) is 0. The second-order valence-corrected chi connectivity index (χ2v) is 9.44. The maximum atomic E-state index is 12.9. The number of nitrogens with zero attached hydrogens (tertiary/aromatic N) is 4. The molecule has 10 heteroatoms. The van der Waals surface area contributed by atoms with Gasteiger partial charge in [-0.1, -0.05) is 47.5 Å². The third-order valence-corrected chi connectivity index (χ3v) is 7.83. The lowest BCUT2D eigenvalue weighted by Gasteiger charge is -2.34. The number of halogens is 2. The van der Waals surface area contributed by atoms with Gasteiger partial charge in [0.2, 0.25) is 10.0 Å². The van der Waals surface area contributed by atoms with Crippen LogP contribution in [0.3, 0.4) is 0 Å². The van der Waals surface area contributed by atoms with Gasteiger partial charge in [0.1, 0.15) is 4.90 Å². The topological polar surface area (TPSA) is 75.5 Å². The summed E-state index contributed by atoms with van der Waals surface area (Å²) < 4.78 is 28.6. The van der Waals surface area contributed by atoms with Crippen molar-refractivity contribution in [1.82, 2.24) is 19.0 Å². The van der Waals surface area contributed by atoms with Gasteiger partial charge in [-0.3, -0.25) is 9.69 Å². The van der Waals surface area contributed by atoms with Crippen LogP contribution >= 0.6 is 23.2 Å². The number of benzene rings is 2. The molecule has 0 spiro atoms. The lowest BCUT2D eigenvalue weighted by atomic mass is 10.2. The normalized spacial score (nSPS) is 16.3. The molecule has 3 aromatic rings. The smallest absolute Gasteiger partial charge is 0.275 e. The fraction of sp³-hybridized carbons (Fsp3) is 0.263. The molecular weight excluding hydrogens is 435 g/mol. The van der Waals surface area contributed by atoms with Crippen molar-refractivity contribution in [2.24, 2.45) is 0 Å². The summed E-state index contributed by atoms with van der Waals surface area (Å²) in [5.41, 5.74) is -0.163. The molecule has 1 aliphatic rings. The first-order valence-corrected chi connectivity index (χ1v) is 11.2. The van der Waals surface area contributed by atoms with E-state index < -0.39 is 10.0 Å². The van der Waals surface area contributed by atoms with Gasteiger partial charge in [-0.25, -0.2) is 13.1 Å². The Bertz CT molecular complexity index is 1220. The first-order valence-electron chi connectivity index (χ1n) is 8.99. The van der Waals surface area contributed by atoms with E-state index in [4.69, 9.17) is 23.2 Å². The number of fused-ring (bicyclic) bond motifs is 1. The van der Waals surface area contributed by atoms with Gasteiger partial charge in [0.05, 0.1) is 28.3 Å². The van der Waals surface area contributed by atoms with Crippen LogP contribution in [0.15, 0.2) is 58.4 Å². The highest BCUT2D eigenvalue weighted by atomic mass is 35.5. The van der Waals surface area contributed by atoms with Crippen molar-refractivity contribution in [3.63, 3.8) is 0 Å². The molecule has 2 aromatic carbocycles. The zero-order valence-corrected chi connectivity index (χ0v) is 17.7. The van der Waals surface area contributed by atoms with Crippen LogP contribution in [0.4, 0.5) is 0 Å².